The van der Waals surface area contributed by atoms with Crippen LogP contribution >= 0.6 is 12.6 Å². The molecule has 1 heterocycles. The molecule has 0 aromatic carbocycles. The average molecular weight is 199 g/mol. The number of hydrogen-bond acceptors (Lipinski definition) is 2. The average Bonchev–Trinajstić information content (AvgIpc) is 2.49. The van der Waals surface area contributed by atoms with Crippen molar-refractivity contribution in [3.05, 3.63) is 0 Å². The van der Waals surface area contributed by atoms with Crippen LogP contribution in [-0.2, 0) is 0 Å². The van der Waals surface area contributed by atoms with Gasteiger partial charge in [-0.15, -0.1) is 0 Å². The van der Waals surface area contributed by atoms with Crippen LogP contribution in [0.15, 0.2) is 0 Å². The third kappa shape index (κ3) is 2.04. The summed E-state index contributed by atoms with van der Waals surface area (Å²) in [5.74, 6) is 2.02. The first-order valence-corrected chi connectivity index (χ1v) is 6.17. The normalized spacial score (nSPS) is 41.5. The van der Waals surface area contributed by atoms with Gasteiger partial charge in [0.05, 0.1) is 0 Å². The third-order valence-electron chi connectivity index (χ3n) is 4.05. The number of nitrogens with zero attached hydrogens (tertiary/aromatic N) is 1. The highest BCUT2D eigenvalue weighted by molar-refractivity contribution is 7.80. The second-order valence-electron chi connectivity index (χ2n) is 5.11. The molecule has 2 fully saturated rings. The van der Waals surface area contributed by atoms with E-state index in [-0.39, 0.29) is 0 Å². The van der Waals surface area contributed by atoms with Gasteiger partial charge in [-0.05, 0) is 62.8 Å². The van der Waals surface area contributed by atoms with E-state index in [1.165, 1.54) is 45.2 Å². The Morgan fingerprint density at radius 2 is 2.00 bits per heavy atom. The van der Waals surface area contributed by atoms with E-state index in [0.29, 0.717) is 5.41 Å². The highest BCUT2D eigenvalue weighted by atomic mass is 32.1. The fourth-order valence-corrected chi connectivity index (χ4v) is 3.40. The van der Waals surface area contributed by atoms with Gasteiger partial charge in [0.1, 0.15) is 0 Å². The van der Waals surface area contributed by atoms with E-state index in [4.69, 9.17) is 0 Å². The number of rotatable bonds is 1. The van der Waals surface area contributed by atoms with Crippen LogP contribution in [0.2, 0.25) is 0 Å². The zero-order chi connectivity index (χ0) is 9.31. The Morgan fingerprint density at radius 1 is 1.31 bits per heavy atom. The molecule has 0 N–H and O–H groups in total. The molecule has 1 aliphatic heterocycles. The van der Waals surface area contributed by atoms with E-state index in [9.17, 15) is 0 Å². The van der Waals surface area contributed by atoms with Gasteiger partial charge in [0, 0.05) is 6.54 Å². The van der Waals surface area contributed by atoms with Crippen LogP contribution in [0.4, 0.5) is 0 Å². The van der Waals surface area contributed by atoms with Crippen LogP contribution in [0.1, 0.15) is 32.1 Å². The molecule has 76 valence electrons. The number of hydrogen-bond donors (Lipinski definition) is 1. The van der Waals surface area contributed by atoms with Gasteiger partial charge in [-0.2, -0.15) is 12.6 Å². The first-order chi connectivity index (χ1) is 6.24. The molecule has 0 amide bonds. The van der Waals surface area contributed by atoms with Crippen molar-refractivity contribution in [1.82, 2.24) is 4.90 Å². The van der Waals surface area contributed by atoms with E-state index in [1.807, 2.05) is 0 Å². The van der Waals surface area contributed by atoms with E-state index >= 15 is 0 Å². The highest BCUT2D eigenvalue weighted by Gasteiger charge is 2.39. The number of likely N-dealkylation sites (tertiary alicyclic amines) is 1. The Labute approximate surface area is 87.3 Å². The van der Waals surface area contributed by atoms with Crippen molar-refractivity contribution in [2.75, 3.05) is 25.9 Å². The summed E-state index contributed by atoms with van der Waals surface area (Å²) in [4.78, 5) is 2.50. The second-order valence-corrected chi connectivity index (χ2v) is 5.48. The van der Waals surface area contributed by atoms with E-state index < -0.39 is 0 Å². The second kappa shape index (κ2) is 3.82. The summed E-state index contributed by atoms with van der Waals surface area (Å²) in [6, 6.07) is 0. The standard InChI is InChI=1S/C11H21NS/c1-12-7-6-11(9-12)4-2-10(8-13)3-5-11/h10,13H,2-9H2,1H3. The van der Waals surface area contributed by atoms with Crippen LogP contribution in [-0.4, -0.2) is 30.8 Å². The molecular formula is C11H21NS. The quantitative estimate of drug-likeness (QED) is 0.635. The lowest BCUT2D eigenvalue weighted by Gasteiger charge is -2.36. The van der Waals surface area contributed by atoms with E-state index in [2.05, 4.69) is 24.6 Å². The van der Waals surface area contributed by atoms with Gasteiger partial charge >= 0.3 is 0 Å². The lowest BCUT2D eigenvalue weighted by molar-refractivity contribution is 0.165. The zero-order valence-electron chi connectivity index (χ0n) is 8.63. The molecule has 0 bridgehead atoms. The molecule has 1 saturated carbocycles. The van der Waals surface area contributed by atoms with Gasteiger partial charge < -0.3 is 4.90 Å². The van der Waals surface area contributed by atoms with Gasteiger partial charge in [0.2, 0.25) is 0 Å². The van der Waals surface area contributed by atoms with Crippen LogP contribution in [0, 0.1) is 11.3 Å². The largest absolute Gasteiger partial charge is 0.306 e. The van der Waals surface area contributed by atoms with Crippen molar-refractivity contribution in [2.24, 2.45) is 11.3 Å². The van der Waals surface area contributed by atoms with Crippen LogP contribution in [0.3, 0.4) is 0 Å². The topological polar surface area (TPSA) is 3.24 Å². The zero-order valence-corrected chi connectivity index (χ0v) is 9.52. The van der Waals surface area contributed by atoms with Gasteiger partial charge in [-0.25, -0.2) is 0 Å². The van der Waals surface area contributed by atoms with E-state index in [0.717, 1.165) is 11.7 Å². The molecule has 0 radical (unpaired) electrons. The lowest BCUT2D eigenvalue weighted by atomic mass is 9.70. The summed E-state index contributed by atoms with van der Waals surface area (Å²) in [7, 11) is 2.26. The minimum absolute atomic E-state index is 0.716. The molecule has 0 atom stereocenters. The number of thiol groups is 1. The summed E-state index contributed by atoms with van der Waals surface area (Å²) in [6.45, 7) is 2.68. The van der Waals surface area contributed by atoms with Gasteiger partial charge in [-0.3, -0.25) is 0 Å². The fourth-order valence-electron chi connectivity index (χ4n) is 3.04. The molecule has 0 aromatic rings. The van der Waals surface area contributed by atoms with Crippen molar-refractivity contribution in [3.8, 4) is 0 Å². The molecule has 0 unspecified atom stereocenters. The smallest absolute Gasteiger partial charge is 0.00354 e. The van der Waals surface area contributed by atoms with Gasteiger partial charge in [-0.1, -0.05) is 0 Å². The first-order valence-electron chi connectivity index (χ1n) is 5.53. The lowest BCUT2D eigenvalue weighted by Crippen LogP contribution is -2.30. The first kappa shape index (κ1) is 9.85. The third-order valence-corrected chi connectivity index (χ3v) is 4.57. The monoisotopic (exact) mass is 199 g/mol. The molecule has 1 nitrogen and oxygen atoms in total. The summed E-state index contributed by atoms with van der Waals surface area (Å²) in [5, 5.41) is 0. The molecule has 1 aliphatic carbocycles. The summed E-state index contributed by atoms with van der Waals surface area (Å²) in [5.41, 5.74) is 0.716. The molecule has 2 aliphatic rings. The summed E-state index contributed by atoms with van der Waals surface area (Å²) in [6.07, 6.45) is 7.22. The Hall–Kier alpha value is 0.310. The molecule has 2 rings (SSSR count). The van der Waals surface area contributed by atoms with Crippen LogP contribution < -0.4 is 0 Å². The van der Waals surface area contributed by atoms with Gasteiger partial charge in [0.15, 0.2) is 0 Å². The summed E-state index contributed by atoms with van der Waals surface area (Å²) < 4.78 is 0. The molecule has 1 spiro atoms. The Morgan fingerprint density at radius 3 is 2.46 bits per heavy atom. The van der Waals surface area contributed by atoms with Crippen molar-refractivity contribution < 1.29 is 0 Å². The van der Waals surface area contributed by atoms with Crippen molar-refractivity contribution in [3.63, 3.8) is 0 Å². The molecular weight excluding hydrogens is 178 g/mol. The fraction of sp³-hybridized carbons (Fsp3) is 1.00. The summed E-state index contributed by atoms with van der Waals surface area (Å²) >= 11 is 4.40. The minimum atomic E-state index is 0.716. The SMILES string of the molecule is CN1CCC2(CCC(CS)CC2)C1. The van der Waals surface area contributed by atoms with Crippen molar-refractivity contribution >= 4 is 12.6 Å². The maximum atomic E-state index is 4.40. The van der Waals surface area contributed by atoms with Crippen molar-refractivity contribution in [1.29, 1.82) is 0 Å². The van der Waals surface area contributed by atoms with Gasteiger partial charge in [0.25, 0.3) is 0 Å². The molecule has 13 heavy (non-hydrogen) atoms. The van der Waals surface area contributed by atoms with Crippen LogP contribution in [0.25, 0.3) is 0 Å². The minimum Gasteiger partial charge on any atom is -0.306 e. The predicted octanol–water partition coefficient (Wildman–Crippen LogP) is 2.43. The van der Waals surface area contributed by atoms with Crippen LogP contribution in [0.5, 0.6) is 0 Å². The Balaban J connectivity index is 1.90. The molecule has 2 heteroatoms. The maximum absolute atomic E-state index is 4.40. The maximum Gasteiger partial charge on any atom is 0.00354 e. The predicted molar refractivity (Wildman–Crippen MR) is 60.4 cm³/mol. The Kier molecular flexibility index (Phi) is 2.89. The van der Waals surface area contributed by atoms with Crippen molar-refractivity contribution in [2.45, 2.75) is 32.1 Å². The Bertz CT molecular complexity index is 173. The van der Waals surface area contributed by atoms with E-state index in [1.54, 1.807) is 0 Å². The highest BCUT2D eigenvalue weighted by Crippen LogP contribution is 2.45. The molecule has 0 aromatic heterocycles. The molecule has 1 saturated heterocycles.